The molecule has 0 bridgehead atoms. The van der Waals surface area contributed by atoms with Gasteiger partial charge in [0.1, 0.15) is 0 Å². The molecule has 5 aliphatic rings. The van der Waals surface area contributed by atoms with Crippen molar-refractivity contribution in [3.05, 3.63) is 233 Å². The van der Waals surface area contributed by atoms with E-state index in [2.05, 4.69) is 221 Å². The van der Waals surface area contributed by atoms with Gasteiger partial charge in [0.05, 0.1) is 16.8 Å². The minimum absolute atomic E-state index is 0.163. The Morgan fingerprint density at radius 3 is 1.44 bits per heavy atom. The van der Waals surface area contributed by atoms with Crippen molar-refractivity contribution >= 4 is 45.9 Å². The highest BCUT2D eigenvalue weighted by Crippen LogP contribution is 2.65. The molecule has 0 saturated heterocycles. The van der Waals surface area contributed by atoms with E-state index in [0.717, 1.165) is 0 Å². The number of rotatable bonds is 1. The number of aryl methyl sites for hydroxylation is 2. The maximum Gasteiger partial charge on any atom is 0.182 e. The molecule has 2 spiro atoms. The van der Waals surface area contributed by atoms with Gasteiger partial charge in [-0.25, -0.2) is 0 Å². The molecule has 0 saturated carbocycles. The molecule has 14 rings (SSSR count). The second-order valence-corrected chi connectivity index (χ2v) is 22.6. The van der Waals surface area contributed by atoms with Crippen LogP contribution in [0, 0.1) is 13.8 Å². The molecule has 3 heterocycles. The fourth-order valence-corrected chi connectivity index (χ4v) is 18.7. The van der Waals surface area contributed by atoms with Crippen LogP contribution in [0.3, 0.4) is 0 Å². The summed E-state index contributed by atoms with van der Waals surface area (Å²) in [7, 11) is -2.68. The van der Waals surface area contributed by atoms with Gasteiger partial charge in [-0.05, 0) is 143 Å². The number of fused-ring (bicyclic) bond motifs is 22. The molecule has 1 nitrogen and oxygen atoms in total. The van der Waals surface area contributed by atoms with Crippen molar-refractivity contribution in [1.29, 1.82) is 0 Å². The smallest absolute Gasteiger partial charge is 0.182 e. The van der Waals surface area contributed by atoms with Crippen LogP contribution in [0.5, 0.6) is 0 Å². The molecular weight excluding hydrogens is 763 g/mol. The molecule has 0 unspecified atom stereocenters. The van der Waals surface area contributed by atoms with E-state index in [4.69, 9.17) is 0 Å². The Morgan fingerprint density at radius 2 is 0.823 bits per heavy atom. The summed E-state index contributed by atoms with van der Waals surface area (Å²) in [6.45, 7) is 9.36. The van der Waals surface area contributed by atoms with Crippen LogP contribution in [0.2, 0.25) is 0 Å². The Hall–Kier alpha value is -7.00. The van der Waals surface area contributed by atoms with Gasteiger partial charge in [-0.15, -0.1) is 0 Å². The van der Waals surface area contributed by atoms with E-state index in [1.54, 1.807) is 0 Å². The maximum atomic E-state index is 2.65. The number of benzene rings is 9. The standard InChI is InChI=1S/C60H43NSi/c1-36-25-28-40-41-29-26-37(2)32-51(41)60(50(40)31-36)48-20-10-11-21-53(48)61(54-35-49-46(34-52(54)60)39-15-5-9-19-47(39)59(49,3)4)38-27-30-45-44-18-8-14-24-57(44)62(58(45)33-38)55-22-12-6-16-42(55)43-17-7-13-23-56(43)62/h5-35H,1-4H3. The highest BCUT2D eigenvalue weighted by molar-refractivity contribution is 7.24. The lowest BCUT2D eigenvalue weighted by Crippen LogP contribution is -2.70. The quantitative estimate of drug-likeness (QED) is 0.149. The molecule has 9 aromatic rings. The van der Waals surface area contributed by atoms with E-state index in [1.165, 1.54) is 127 Å². The van der Waals surface area contributed by atoms with Gasteiger partial charge in [0, 0.05) is 11.1 Å². The number of nitrogens with zero attached hydrogens (tertiary/aromatic N) is 1. The van der Waals surface area contributed by atoms with Gasteiger partial charge in [-0.3, -0.25) is 0 Å². The van der Waals surface area contributed by atoms with Gasteiger partial charge in [-0.2, -0.15) is 0 Å². The van der Waals surface area contributed by atoms with E-state index < -0.39 is 13.5 Å². The summed E-state index contributed by atoms with van der Waals surface area (Å²) in [5.74, 6) is 0. The molecule has 2 heteroatoms. The highest BCUT2D eigenvalue weighted by atomic mass is 28.3. The molecule has 62 heavy (non-hydrogen) atoms. The molecule has 0 radical (unpaired) electrons. The molecular formula is C60H43NSi. The third-order valence-corrected chi connectivity index (χ3v) is 20.5. The summed E-state index contributed by atoms with van der Waals surface area (Å²) in [6.07, 6.45) is 0. The third-order valence-electron chi connectivity index (χ3n) is 15.6. The van der Waals surface area contributed by atoms with Crippen molar-refractivity contribution in [3.63, 3.8) is 0 Å². The normalized spacial score (nSPS) is 16.1. The Balaban J connectivity index is 1.11. The SMILES string of the molecule is Cc1ccc2c(c1)C1(c3cc(C)ccc3-2)c2ccccc2N(c2ccc3c(c2)[Si]2(c4ccccc4-c4ccccc42)c2ccccc2-3)c2cc3c(cc21)-c1ccccc1C3(C)C. The monoisotopic (exact) mass is 805 g/mol. The highest BCUT2D eigenvalue weighted by Gasteiger charge is 2.56. The number of hydrogen-bond donors (Lipinski definition) is 0. The first kappa shape index (κ1) is 34.7. The zero-order chi connectivity index (χ0) is 41.3. The molecule has 3 aliphatic heterocycles. The first-order valence-electron chi connectivity index (χ1n) is 22.2. The molecule has 9 aromatic carbocycles. The number of anilines is 3. The Labute approximate surface area is 364 Å². The van der Waals surface area contributed by atoms with Crippen molar-refractivity contribution in [3.8, 4) is 44.5 Å². The lowest BCUT2D eigenvalue weighted by Gasteiger charge is -2.46. The maximum absolute atomic E-state index is 2.68. The predicted molar refractivity (Wildman–Crippen MR) is 261 cm³/mol. The summed E-state index contributed by atoms with van der Waals surface area (Å²) >= 11 is 0. The van der Waals surface area contributed by atoms with Crippen LogP contribution in [-0.4, -0.2) is 8.07 Å². The van der Waals surface area contributed by atoms with Gasteiger partial charge in [0.25, 0.3) is 0 Å². The summed E-state index contributed by atoms with van der Waals surface area (Å²) in [5.41, 5.74) is 24.8. The molecule has 0 aromatic heterocycles. The minimum Gasteiger partial charge on any atom is -0.310 e. The van der Waals surface area contributed by atoms with Crippen LogP contribution in [0.1, 0.15) is 58.4 Å². The van der Waals surface area contributed by atoms with E-state index in [0.29, 0.717) is 0 Å². The Bertz CT molecular complexity index is 3380. The first-order valence-corrected chi connectivity index (χ1v) is 24.2. The van der Waals surface area contributed by atoms with Crippen LogP contribution >= 0.6 is 0 Å². The van der Waals surface area contributed by atoms with Crippen molar-refractivity contribution in [1.82, 2.24) is 0 Å². The van der Waals surface area contributed by atoms with Crippen molar-refractivity contribution in [2.45, 2.75) is 38.5 Å². The fourth-order valence-electron chi connectivity index (χ4n) is 13.1. The zero-order valence-corrected chi connectivity index (χ0v) is 36.3. The van der Waals surface area contributed by atoms with E-state index in [-0.39, 0.29) is 5.41 Å². The lowest BCUT2D eigenvalue weighted by atomic mass is 9.63. The Kier molecular flexibility index (Phi) is 6.53. The van der Waals surface area contributed by atoms with Crippen molar-refractivity contribution < 1.29 is 0 Å². The van der Waals surface area contributed by atoms with Crippen LogP contribution < -0.4 is 25.6 Å². The average Bonchev–Trinajstić information content (AvgIpc) is 3.94. The summed E-state index contributed by atoms with van der Waals surface area (Å²) in [6, 6.07) is 73.4. The first-order chi connectivity index (χ1) is 30.3. The van der Waals surface area contributed by atoms with Crippen LogP contribution in [0.4, 0.5) is 17.1 Å². The predicted octanol–water partition coefficient (Wildman–Crippen LogP) is 12.1. The molecule has 0 atom stereocenters. The van der Waals surface area contributed by atoms with E-state index in [1.807, 2.05) is 0 Å². The van der Waals surface area contributed by atoms with Gasteiger partial charge in [0.15, 0.2) is 8.07 Å². The Morgan fingerprint density at radius 1 is 0.339 bits per heavy atom. The fraction of sp³-hybridized carbons (Fsp3) is 0.100. The van der Waals surface area contributed by atoms with E-state index in [9.17, 15) is 0 Å². The summed E-state index contributed by atoms with van der Waals surface area (Å²) < 4.78 is 0. The minimum atomic E-state index is -2.68. The van der Waals surface area contributed by atoms with Gasteiger partial charge >= 0.3 is 0 Å². The summed E-state index contributed by atoms with van der Waals surface area (Å²) in [4.78, 5) is 2.65. The molecule has 2 aliphatic carbocycles. The van der Waals surface area contributed by atoms with Crippen LogP contribution in [-0.2, 0) is 10.8 Å². The largest absolute Gasteiger partial charge is 0.310 e. The van der Waals surface area contributed by atoms with Gasteiger partial charge < -0.3 is 4.90 Å². The van der Waals surface area contributed by atoms with Crippen LogP contribution in [0.25, 0.3) is 44.5 Å². The molecule has 0 N–H and O–H groups in total. The van der Waals surface area contributed by atoms with Crippen molar-refractivity contribution in [2.24, 2.45) is 0 Å². The van der Waals surface area contributed by atoms with Crippen LogP contribution in [0.15, 0.2) is 188 Å². The van der Waals surface area contributed by atoms with E-state index >= 15 is 0 Å². The van der Waals surface area contributed by atoms with Gasteiger partial charge in [0.2, 0.25) is 0 Å². The van der Waals surface area contributed by atoms with Crippen molar-refractivity contribution in [2.75, 3.05) is 4.90 Å². The number of para-hydroxylation sites is 1. The molecule has 0 amide bonds. The molecule has 292 valence electrons. The summed E-state index contributed by atoms with van der Waals surface area (Å²) in [5, 5.41) is 6.00. The topological polar surface area (TPSA) is 3.24 Å². The van der Waals surface area contributed by atoms with Gasteiger partial charge in [-0.1, -0.05) is 183 Å². The zero-order valence-electron chi connectivity index (χ0n) is 35.3. The average molecular weight is 806 g/mol. The lowest BCUT2D eigenvalue weighted by molar-refractivity contribution is 0.658. The number of hydrogen-bond acceptors (Lipinski definition) is 1. The molecule has 0 fully saturated rings. The second kappa shape index (κ2) is 11.7. The third kappa shape index (κ3) is 3.93. The second-order valence-electron chi connectivity index (χ2n) is 18.9.